The lowest BCUT2D eigenvalue weighted by Crippen LogP contribution is -2.47. The number of carboxylic acid groups (broad SMARTS) is 1. The van der Waals surface area contributed by atoms with Crippen molar-refractivity contribution in [3.05, 3.63) is 35.9 Å². The van der Waals surface area contributed by atoms with Crippen LogP contribution in [0.25, 0.3) is 0 Å². The number of halogens is 3. The third kappa shape index (κ3) is 15.8. The normalized spacial score (nSPS) is 12.1. The van der Waals surface area contributed by atoms with Crippen molar-refractivity contribution in [3.8, 4) is 0 Å². The van der Waals surface area contributed by atoms with Crippen molar-refractivity contribution in [1.82, 2.24) is 10.6 Å². The molecule has 0 saturated carbocycles. The first-order valence-corrected chi connectivity index (χ1v) is 10.8. The number of hydrogen-bond donors (Lipinski definition) is 4. The number of hydrogen-bond acceptors (Lipinski definition) is 5. The smallest absolute Gasteiger partial charge is 0.475 e. The third-order valence-electron chi connectivity index (χ3n) is 4.23. The Morgan fingerprint density at radius 2 is 1.53 bits per heavy atom. The van der Waals surface area contributed by atoms with Gasteiger partial charge in [-0.05, 0) is 52.1 Å². The van der Waals surface area contributed by atoms with E-state index in [9.17, 15) is 27.6 Å². The Labute approximate surface area is 197 Å². The van der Waals surface area contributed by atoms with E-state index in [1.54, 1.807) is 0 Å². The minimum Gasteiger partial charge on any atom is -0.475 e. The zero-order valence-corrected chi connectivity index (χ0v) is 19.7. The zero-order valence-electron chi connectivity index (χ0n) is 19.7. The van der Waals surface area contributed by atoms with Gasteiger partial charge in [-0.1, -0.05) is 30.3 Å². The molecule has 0 spiro atoms. The van der Waals surface area contributed by atoms with E-state index >= 15 is 0 Å². The number of carbonyl (C=O) groups excluding carboxylic acids is 3. The second-order valence-electron chi connectivity index (χ2n) is 8.62. The van der Waals surface area contributed by atoms with E-state index in [1.807, 2.05) is 51.1 Å². The molecule has 11 heteroatoms. The highest BCUT2D eigenvalue weighted by Crippen LogP contribution is 2.13. The lowest BCUT2D eigenvalue weighted by molar-refractivity contribution is -0.192. The average Bonchev–Trinajstić information content (AvgIpc) is 2.71. The average molecular weight is 490 g/mol. The van der Waals surface area contributed by atoms with E-state index < -0.39 is 18.2 Å². The molecule has 1 aromatic carbocycles. The van der Waals surface area contributed by atoms with Gasteiger partial charge in [0.1, 0.15) is 0 Å². The van der Waals surface area contributed by atoms with Gasteiger partial charge in [0, 0.05) is 18.4 Å². The quantitative estimate of drug-likeness (QED) is 0.353. The standard InChI is InChI=1S/C21H33N3O3.C2HF3O2/c1-21(2,3)24-20(27)15-17(18(25)11-7-8-14-22)23-19(26)13-12-16-9-5-4-6-10-16;3-2(4,5)1(6)7/h4-6,9-10,17H,7-8,11-15,22H2,1-3H3,(H,23,26)(H,24,27);(H,6,7)/t17-;/m0./s1. The maximum atomic E-state index is 12.5. The Hall–Kier alpha value is -2.95. The molecule has 0 unspecified atom stereocenters. The number of aliphatic carboxylic acids is 1. The monoisotopic (exact) mass is 489 g/mol. The molecule has 0 aliphatic rings. The number of ketones is 1. The van der Waals surface area contributed by atoms with Gasteiger partial charge in [0.15, 0.2) is 5.78 Å². The van der Waals surface area contributed by atoms with Gasteiger partial charge in [-0.2, -0.15) is 13.2 Å². The third-order valence-corrected chi connectivity index (χ3v) is 4.23. The van der Waals surface area contributed by atoms with Gasteiger partial charge in [0.2, 0.25) is 11.8 Å². The van der Waals surface area contributed by atoms with E-state index in [0.29, 0.717) is 25.8 Å². The molecule has 0 radical (unpaired) electrons. The molecule has 0 fully saturated rings. The van der Waals surface area contributed by atoms with Crippen LogP contribution in [-0.2, 0) is 25.6 Å². The topological polar surface area (TPSA) is 139 Å². The number of Topliss-reactive ketones (excluding diaryl/α,β-unsaturated/α-hetero) is 1. The Kier molecular flexibility index (Phi) is 13.7. The number of benzene rings is 1. The van der Waals surface area contributed by atoms with Gasteiger partial charge in [0.05, 0.1) is 12.5 Å². The maximum absolute atomic E-state index is 12.5. The number of nitrogens with two attached hydrogens (primary N) is 1. The first-order valence-electron chi connectivity index (χ1n) is 10.8. The summed E-state index contributed by atoms with van der Waals surface area (Å²) in [6.45, 7) is 6.15. The van der Waals surface area contributed by atoms with Crippen LogP contribution in [0, 0.1) is 0 Å². The number of rotatable bonds is 11. The van der Waals surface area contributed by atoms with Crippen LogP contribution in [0.5, 0.6) is 0 Å². The van der Waals surface area contributed by atoms with Gasteiger partial charge in [-0.15, -0.1) is 0 Å². The number of amides is 2. The second-order valence-corrected chi connectivity index (χ2v) is 8.62. The highest BCUT2D eigenvalue weighted by atomic mass is 19.4. The highest BCUT2D eigenvalue weighted by Gasteiger charge is 2.38. The van der Waals surface area contributed by atoms with E-state index in [2.05, 4.69) is 10.6 Å². The molecular weight excluding hydrogens is 455 g/mol. The number of unbranched alkanes of at least 4 members (excludes halogenated alkanes) is 1. The summed E-state index contributed by atoms with van der Waals surface area (Å²) in [6, 6.07) is 8.89. The fourth-order valence-corrected chi connectivity index (χ4v) is 2.69. The molecule has 34 heavy (non-hydrogen) atoms. The summed E-state index contributed by atoms with van der Waals surface area (Å²) in [5.41, 5.74) is 6.14. The first kappa shape index (κ1) is 31.0. The first-order chi connectivity index (χ1) is 15.7. The van der Waals surface area contributed by atoms with Crippen LogP contribution in [0.3, 0.4) is 0 Å². The largest absolute Gasteiger partial charge is 0.490 e. The molecule has 0 bridgehead atoms. The molecule has 0 aliphatic heterocycles. The van der Waals surface area contributed by atoms with E-state index in [0.717, 1.165) is 12.0 Å². The van der Waals surface area contributed by atoms with Crippen LogP contribution in [0.15, 0.2) is 30.3 Å². The molecule has 0 saturated heterocycles. The lowest BCUT2D eigenvalue weighted by Gasteiger charge is -2.23. The molecule has 0 aromatic heterocycles. The number of carbonyl (C=O) groups is 4. The Balaban J connectivity index is 0.00000135. The molecule has 2 amide bonds. The number of nitrogens with one attached hydrogen (secondary N) is 2. The Bertz CT molecular complexity index is 793. The predicted molar refractivity (Wildman–Crippen MR) is 121 cm³/mol. The van der Waals surface area contributed by atoms with Crippen molar-refractivity contribution < 1.29 is 37.5 Å². The van der Waals surface area contributed by atoms with E-state index in [1.165, 1.54) is 0 Å². The molecule has 0 heterocycles. The Morgan fingerprint density at radius 3 is 2.00 bits per heavy atom. The SMILES string of the molecule is CC(C)(C)NC(=O)C[C@H](NC(=O)CCc1ccccc1)C(=O)CCCCN.O=C(O)C(F)(F)F. The summed E-state index contributed by atoms with van der Waals surface area (Å²) in [7, 11) is 0. The van der Waals surface area contributed by atoms with Crippen molar-refractivity contribution in [1.29, 1.82) is 0 Å². The summed E-state index contributed by atoms with van der Waals surface area (Å²) >= 11 is 0. The van der Waals surface area contributed by atoms with Crippen molar-refractivity contribution >= 4 is 23.6 Å². The predicted octanol–water partition coefficient (Wildman–Crippen LogP) is 2.74. The minimum absolute atomic E-state index is 0.0458. The van der Waals surface area contributed by atoms with Crippen LogP contribution >= 0.6 is 0 Å². The molecule has 8 nitrogen and oxygen atoms in total. The van der Waals surface area contributed by atoms with Crippen LogP contribution in [0.1, 0.15) is 58.4 Å². The van der Waals surface area contributed by atoms with Crippen LogP contribution in [0.2, 0.25) is 0 Å². The molecule has 1 rings (SSSR count). The number of aryl methyl sites for hydroxylation is 1. The lowest BCUT2D eigenvalue weighted by atomic mass is 10.0. The second kappa shape index (κ2) is 15.0. The van der Waals surface area contributed by atoms with Crippen molar-refractivity contribution in [3.63, 3.8) is 0 Å². The number of alkyl halides is 3. The molecular formula is C23H34F3N3O5. The van der Waals surface area contributed by atoms with Crippen LogP contribution in [0.4, 0.5) is 13.2 Å². The van der Waals surface area contributed by atoms with Crippen LogP contribution in [-0.4, -0.2) is 53.0 Å². The summed E-state index contributed by atoms with van der Waals surface area (Å²) in [5, 5.41) is 12.7. The molecule has 1 aromatic rings. The van der Waals surface area contributed by atoms with Crippen molar-refractivity contribution in [2.75, 3.05) is 6.54 Å². The van der Waals surface area contributed by atoms with Crippen LogP contribution < -0.4 is 16.4 Å². The zero-order chi connectivity index (χ0) is 26.4. The van der Waals surface area contributed by atoms with Gasteiger partial charge in [-0.25, -0.2) is 4.79 Å². The summed E-state index contributed by atoms with van der Waals surface area (Å²) in [4.78, 5) is 45.9. The maximum Gasteiger partial charge on any atom is 0.490 e. The summed E-state index contributed by atoms with van der Waals surface area (Å²) in [6.07, 6.45) is -2.55. The van der Waals surface area contributed by atoms with Crippen molar-refractivity contribution in [2.24, 2.45) is 5.73 Å². The minimum atomic E-state index is -5.08. The van der Waals surface area contributed by atoms with Crippen molar-refractivity contribution in [2.45, 2.75) is 77.1 Å². The van der Waals surface area contributed by atoms with Gasteiger partial charge >= 0.3 is 12.1 Å². The summed E-state index contributed by atoms with van der Waals surface area (Å²) in [5.74, 6) is -3.35. The molecule has 5 N–H and O–H groups in total. The number of carboxylic acids is 1. The Morgan fingerprint density at radius 1 is 0.971 bits per heavy atom. The highest BCUT2D eigenvalue weighted by molar-refractivity contribution is 5.93. The molecule has 0 aliphatic carbocycles. The van der Waals surface area contributed by atoms with E-state index in [4.69, 9.17) is 15.6 Å². The molecule has 1 atom stereocenters. The fourth-order valence-electron chi connectivity index (χ4n) is 2.69. The fraction of sp³-hybridized carbons (Fsp3) is 0.565. The van der Waals surface area contributed by atoms with Gasteiger partial charge < -0.3 is 21.5 Å². The van der Waals surface area contributed by atoms with E-state index in [-0.39, 0.29) is 36.0 Å². The van der Waals surface area contributed by atoms with Gasteiger partial charge in [0.25, 0.3) is 0 Å². The van der Waals surface area contributed by atoms with Gasteiger partial charge in [-0.3, -0.25) is 14.4 Å². The summed E-state index contributed by atoms with van der Waals surface area (Å²) < 4.78 is 31.7. The molecule has 192 valence electrons.